The monoisotopic (exact) mass is 514 g/mol. The molecule has 0 aromatic heterocycles. The highest BCUT2D eigenvalue weighted by Crippen LogP contribution is 2.37. The number of nitrogens with zero attached hydrogens (tertiary/aromatic N) is 1. The van der Waals surface area contributed by atoms with E-state index in [1.54, 1.807) is 24.3 Å². The second-order valence-corrected chi connectivity index (χ2v) is 8.79. The number of amides is 1. The second kappa shape index (κ2) is 11.3. The molecule has 174 valence electrons. The van der Waals surface area contributed by atoms with Crippen molar-refractivity contribution >= 4 is 52.5 Å². The zero-order valence-electron chi connectivity index (χ0n) is 18.7. The predicted octanol–water partition coefficient (Wildman–Crippen LogP) is 7.40. The first kappa shape index (κ1) is 25.5. The Hall–Kier alpha value is -3.17. The molecule has 3 aromatic rings. The summed E-state index contributed by atoms with van der Waals surface area (Å²) >= 11 is 18.3. The van der Waals surface area contributed by atoms with Crippen molar-refractivity contribution in [2.75, 3.05) is 12.4 Å². The van der Waals surface area contributed by atoms with E-state index in [0.717, 1.165) is 16.7 Å². The molecule has 0 saturated heterocycles. The lowest BCUT2D eigenvalue weighted by molar-refractivity contribution is -0.112. The molecule has 1 amide bonds. The van der Waals surface area contributed by atoms with E-state index < -0.39 is 5.91 Å². The molecule has 0 aliphatic carbocycles. The second-order valence-electron chi connectivity index (χ2n) is 7.57. The van der Waals surface area contributed by atoms with Crippen LogP contribution in [-0.2, 0) is 11.4 Å². The number of ether oxygens (including phenoxy) is 2. The lowest BCUT2D eigenvalue weighted by atomic mass is 10.1. The number of hydrogen-bond acceptors (Lipinski definition) is 4. The van der Waals surface area contributed by atoms with Crippen molar-refractivity contribution in [2.24, 2.45) is 0 Å². The summed E-state index contributed by atoms with van der Waals surface area (Å²) < 4.78 is 11.4. The number of rotatable bonds is 7. The van der Waals surface area contributed by atoms with E-state index in [-0.39, 0.29) is 15.6 Å². The van der Waals surface area contributed by atoms with Gasteiger partial charge in [0.15, 0.2) is 11.5 Å². The molecule has 1 N–H and O–H groups in total. The fourth-order valence-corrected chi connectivity index (χ4v) is 3.93. The Morgan fingerprint density at radius 3 is 2.32 bits per heavy atom. The molecule has 0 saturated carbocycles. The lowest BCUT2D eigenvalue weighted by Gasteiger charge is -2.14. The standard InChI is InChI=1S/C26H21Cl3N2O3/c1-15-6-16(2)8-18(7-15)14-34-25-23(29)10-17(11-24(25)33-3)9-19(13-30)26(32)31-20-4-5-21(27)22(28)12-20/h4-12H,14H2,1-3H3,(H,31,32)/b19-9+. The van der Waals surface area contributed by atoms with Gasteiger partial charge in [0.2, 0.25) is 0 Å². The predicted molar refractivity (Wildman–Crippen MR) is 137 cm³/mol. The van der Waals surface area contributed by atoms with Gasteiger partial charge < -0.3 is 14.8 Å². The molecule has 5 nitrogen and oxygen atoms in total. The highest BCUT2D eigenvalue weighted by Gasteiger charge is 2.15. The lowest BCUT2D eigenvalue weighted by Crippen LogP contribution is -2.13. The van der Waals surface area contributed by atoms with E-state index in [1.807, 2.05) is 32.0 Å². The molecule has 0 atom stereocenters. The number of methoxy groups -OCH3 is 1. The van der Waals surface area contributed by atoms with Crippen molar-refractivity contribution in [1.29, 1.82) is 5.26 Å². The van der Waals surface area contributed by atoms with Gasteiger partial charge in [-0.15, -0.1) is 0 Å². The van der Waals surface area contributed by atoms with E-state index >= 15 is 0 Å². The summed E-state index contributed by atoms with van der Waals surface area (Å²) in [5, 5.41) is 13.1. The molecule has 0 fully saturated rings. The Labute approximate surface area is 213 Å². The number of aryl methyl sites for hydroxylation is 2. The molecule has 0 aliphatic heterocycles. The number of halogens is 3. The number of nitriles is 1. The van der Waals surface area contributed by atoms with Crippen molar-refractivity contribution < 1.29 is 14.3 Å². The number of nitrogens with one attached hydrogen (secondary N) is 1. The number of carbonyl (C=O) groups excluding carboxylic acids is 1. The Morgan fingerprint density at radius 1 is 1.00 bits per heavy atom. The van der Waals surface area contributed by atoms with Crippen molar-refractivity contribution in [3.63, 3.8) is 0 Å². The molecule has 0 heterocycles. The maximum atomic E-state index is 12.6. The zero-order chi connectivity index (χ0) is 24.8. The van der Waals surface area contributed by atoms with Crippen LogP contribution in [-0.4, -0.2) is 13.0 Å². The van der Waals surface area contributed by atoms with Crippen LogP contribution in [0.2, 0.25) is 15.1 Å². The van der Waals surface area contributed by atoms with Crippen molar-refractivity contribution in [2.45, 2.75) is 20.5 Å². The number of carbonyl (C=O) groups is 1. The van der Waals surface area contributed by atoms with Crippen LogP contribution in [0.15, 0.2) is 54.1 Å². The summed E-state index contributed by atoms with van der Waals surface area (Å²) in [4.78, 5) is 12.6. The Balaban J connectivity index is 1.82. The molecule has 3 aromatic carbocycles. The highest BCUT2D eigenvalue weighted by atomic mass is 35.5. The summed E-state index contributed by atoms with van der Waals surface area (Å²) in [5.41, 5.74) is 4.06. The first-order valence-corrected chi connectivity index (χ1v) is 11.3. The van der Waals surface area contributed by atoms with Gasteiger partial charge in [0.25, 0.3) is 5.91 Å². The van der Waals surface area contributed by atoms with Crippen LogP contribution in [0.1, 0.15) is 22.3 Å². The van der Waals surface area contributed by atoms with Crippen molar-refractivity contribution in [3.05, 3.63) is 91.4 Å². The SMILES string of the molecule is COc1cc(/C=C(\C#N)C(=O)Nc2ccc(Cl)c(Cl)c2)cc(Cl)c1OCc1cc(C)cc(C)c1. The van der Waals surface area contributed by atoms with Gasteiger partial charge in [-0.1, -0.05) is 64.1 Å². The first-order valence-electron chi connectivity index (χ1n) is 10.2. The van der Waals surface area contributed by atoms with Crippen molar-refractivity contribution in [3.8, 4) is 17.6 Å². The molecule has 0 bridgehead atoms. The van der Waals surface area contributed by atoms with Gasteiger partial charge in [-0.05, 0) is 61.4 Å². The van der Waals surface area contributed by atoms with Crippen LogP contribution < -0.4 is 14.8 Å². The summed E-state index contributed by atoms with van der Waals surface area (Å²) in [6, 6.07) is 15.9. The molecule has 0 radical (unpaired) electrons. The van der Waals surface area contributed by atoms with Crippen molar-refractivity contribution in [1.82, 2.24) is 0 Å². The average Bonchev–Trinajstić information content (AvgIpc) is 2.78. The first-order chi connectivity index (χ1) is 16.2. The summed E-state index contributed by atoms with van der Waals surface area (Å²) in [7, 11) is 1.49. The van der Waals surface area contributed by atoms with E-state index in [2.05, 4.69) is 11.4 Å². The minimum atomic E-state index is -0.605. The van der Waals surface area contributed by atoms with E-state index in [1.165, 1.54) is 19.3 Å². The number of hydrogen-bond donors (Lipinski definition) is 1. The van der Waals surface area contributed by atoms with Gasteiger partial charge in [-0.2, -0.15) is 5.26 Å². The quantitative estimate of drug-likeness (QED) is 0.263. The van der Waals surface area contributed by atoms with E-state index in [9.17, 15) is 10.1 Å². The third-order valence-corrected chi connectivity index (χ3v) is 5.79. The summed E-state index contributed by atoms with van der Waals surface area (Å²) in [6.45, 7) is 4.36. The molecule has 0 aliphatic rings. The third kappa shape index (κ3) is 6.45. The van der Waals surface area contributed by atoms with Crippen LogP contribution in [0.25, 0.3) is 6.08 Å². The van der Waals surface area contributed by atoms with Crippen LogP contribution in [0.4, 0.5) is 5.69 Å². The van der Waals surface area contributed by atoms with Gasteiger partial charge in [0, 0.05) is 5.69 Å². The maximum Gasteiger partial charge on any atom is 0.266 e. The van der Waals surface area contributed by atoms with Crippen LogP contribution in [0.3, 0.4) is 0 Å². The van der Waals surface area contributed by atoms with Gasteiger partial charge >= 0.3 is 0 Å². The molecular weight excluding hydrogens is 495 g/mol. The van der Waals surface area contributed by atoms with Gasteiger partial charge in [0.1, 0.15) is 18.2 Å². The fraction of sp³-hybridized carbons (Fsp3) is 0.154. The summed E-state index contributed by atoms with van der Waals surface area (Å²) in [5.74, 6) is 0.149. The van der Waals surface area contributed by atoms with E-state index in [0.29, 0.717) is 34.4 Å². The minimum Gasteiger partial charge on any atom is -0.493 e. The minimum absolute atomic E-state index is 0.131. The molecule has 8 heteroatoms. The van der Waals surface area contributed by atoms with Gasteiger partial charge in [-0.3, -0.25) is 4.79 Å². The van der Waals surface area contributed by atoms with Crippen LogP contribution in [0.5, 0.6) is 11.5 Å². The number of benzene rings is 3. The largest absolute Gasteiger partial charge is 0.493 e. The van der Waals surface area contributed by atoms with Gasteiger partial charge in [-0.25, -0.2) is 0 Å². The molecule has 34 heavy (non-hydrogen) atoms. The number of anilines is 1. The third-order valence-electron chi connectivity index (χ3n) is 4.77. The zero-order valence-corrected chi connectivity index (χ0v) is 21.0. The maximum absolute atomic E-state index is 12.6. The molecule has 0 unspecified atom stereocenters. The fourth-order valence-electron chi connectivity index (χ4n) is 3.36. The van der Waals surface area contributed by atoms with Crippen LogP contribution >= 0.6 is 34.8 Å². The summed E-state index contributed by atoms with van der Waals surface area (Å²) in [6.07, 6.45) is 1.41. The molecule has 0 spiro atoms. The molecule has 3 rings (SSSR count). The normalized spacial score (nSPS) is 11.0. The Morgan fingerprint density at radius 2 is 1.71 bits per heavy atom. The Bertz CT molecular complexity index is 1290. The Kier molecular flexibility index (Phi) is 8.46. The topological polar surface area (TPSA) is 71.3 Å². The average molecular weight is 516 g/mol. The highest BCUT2D eigenvalue weighted by molar-refractivity contribution is 6.42. The molecular formula is C26H21Cl3N2O3. The smallest absolute Gasteiger partial charge is 0.266 e. The van der Waals surface area contributed by atoms with Crippen LogP contribution in [0, 0.1) is 25.2 Å². The van der Waals surface area contributed by atoms with Gasteiger partial charge in [0.05, 0.1) is 22.2 Å². The van der Waals surface area contributed by atoms with E-state index in [4.69, 9.17) is 44.3 Å².